The number of amides is 1. The summed E-state index contributed by atoms with van der Waals surface area (Å²) in [5.74, 6) is -3.22. The van der Waals surface area contributed by atoms with E-state index in [0.29, 0.717) is 5.01 Å². The second-order valence-electron chi connectivity index (χ2n) is 2.00. The summed E-state index contributed by atoms with van der Waals surface area (Å²) in [6, 6.07) is 0. The molecule has 84 valence electrons. The maximum Gasteiger partial charge on any atom is 0.490 e. The van der Waals surface area contributed by atoms with Crippen LogP contribution in [0.4, 0.5) is 13.2 Å². The summed E-state index contributed by atoms with van der Waals surface area (Å²) in [6.07, 6.45) is -3.54. The lowest BCUT2D eigenvalue weighted by molar-refractivity contribution is -0.192. The highest BCUT2D eigenvalue weighted by molar-refractivity contribution is 7.11. The number of nitrogens with zero attached hydrogens (tertiary/aromatic N) is 1. The van der Waals surface area contributed by atoms with Crippen LogP contribution in [-0.4, -0.2) is 28.1 Å². The molecule has 0 aliphatic rings. The van der Waals surface area contributed by atoms with Gasteiger partial charge < -0.3 is 10.8 Å². The van der Waals surface area contributed by atoms with Crippen molar-refractivity contribution in [1.82, 2.24) is 4.98 Å². The van der Waals surface area contributed by atoms with E-state index in [2.05, 4.69) is 4.98 Å². The van der Waals surface area contributed by atoms with Gasteiger partial charge in [0.15, 0.2) is 5.01 Å². The highest BCUT2D eigenvalue weighted by atomic mass is 32.1. The average Bonchev–Trinajstić information content (AvgIpc) is 2.54. The molecule has 5 nitrogen and oxygen atoms in total. The quantitative estimate of drug-likeness (QED) is 0.764. The van der Waals surface area contributed by atoms with Crippen LogP contribution in [0.2, 0.25) is 0 Å². The molecule has 0 saturated carbocycles. The number of halogens is 3. The largest absolute Gasteiger partial charge is 0.490 e. The number of carboxylic acid groups (broad SMARTS) is 1. The van der Waals surface area contributed by atoms with Crippen LogP contribution >= 0.6 is 11.3 Å². The molecule has 1 heterocycles. The Kier molecular flexibility index (Phi) is 4.71. The van der Waals surface area contributed by atoms with E-state index in [9.17, 15) is 18.0 Å². The summed E-state index contributed by atoms with van der Waals surface area (Å²) in [5, 5.41) is 9.20. The van der Waals surface area contributed by atoms with E-state index in [1.54, 1.807) is 11.6 Å². The van der Waals surface area contributed by atoms with Crippen molar-refractivity contribution >= 4 is 23.2 Å². The zero-order chi connectivity index (χ0) is 12.1. The maximum atomic E-state index is 10.6. The SMILES string of the molecule is NC(=O)c1nccs1.O=C(O)C(F)(F)F. The molecule has 1 aromatic heterocycles. The molecule has 0 aromatic carbocycles. The molecule has 1 rings (SSSR count). The van der Waals surface area contributed by atoms with Crippen LogP contribution < -0.4 is 5.73 Å². The van der Waals surface area contributed by atoms with E-state index in [1.807, 2.05) is 0 Å². The minimum atomic E-state index is -5.08. The highest BCUT2D eigenvalue weighted by Gasteiger charge is 2.38. The Balaban J connectivity index is 0.000000265. The van der Waals surface area contributed by atoms with E-state index >= 15 is 0 Å². The molecule has 0 saturated heterocycles. The number of aliphatic carboxylic acids is 1. The normalized spacial score (nSPS) is 10.1. The smallest absolute Gasteiger partial charge is 0.475 e. The average molecular weight is 242 g/mol. The lowest BCUT2D eigenvalue weighted by atomic mass is 10.7. The van der Waals surface area contributed by atoms with Crippen LogP contribution in [0.15, 0.2) is 11.6 Å². The second kappa shape index (κ2) is 5.29. The first-order chi connectivity index (χ1) is 6.75. The first kappa shape index (κ1) is 13.4. The van der Waals surface area contributed by atoms with Crippen molar-refractivity contribution in [2.24, 2.45) is 5.73 Å². The number of aromatic nitrogens is 1. The Hall–Kier alpha value is -1.64. The summed E-state index contributed by atoms with van der Waals surface area (Å²) in [5.41, 5.74) is 4.87. The molecular formula is C6H5F3N2O3S. The van der Waals surface area contributed by atoms with Gasteiger partial charge in [-0.15, -0.1) is 11.3 Å². The van der Waals surface area contributed by atoms with Crippen molar-refractivity contribution in [3.05, 3.63) is 16.6 Å². The lowest BCUT2D eigenvalue weighted by Crippen LogP contribution is -2.21. The van der Waals surface area contributed by atoms with Gasteiger partial charge in [0.1, 0.15) is 0 Å². The number of primary amides is 1. The van der Waals surface area contributed by atoms with Crippen molar-refractivity contribution in [3.63, 3.8) is 0 Å². The van der Waals surface area contributed by atoms with Crippen LogP contribution in [0.25, 0.3) is 0 Å². The molecule has 3 N–H and O–H groups in total. The Morgan fingerprint density at radius 3 is 2.07 bits per heavy atom. The fourth-order valence-corrected chi connectivity index (χ4v) is 0.834. The lowest BCUT2D eigenvalue weighted by Gasteiger charge is -1.93. The van der Waals surface area contributed by atoms with Gasteiger partial charge in [-0.25, -0.2) is 9.78 Å². The molecule has 1 aromatic rings. The number of carboxylic acids is 1. The van der Waals surface area contributed by atoms with Crippen LogP contribution in [0.5, 0.6) is 0 Å². The Labute approximate surface area is 85.3 Å². The van der Waals surface area contributed by atoms with Crippen molar-refractivity contribution < 1.29 is 27.9 Å². The third-order valence-electron chi connectivity index (χ3n) is 0.886. The van der Waals surface area contributed by atoms with Gasteiger partial charge in [-0.05, 0) is 0 Å². The van der Waals surface area contributed by atoms with Gasteiger partial charge in [-0.1, -0.05) is 0 Å². The third-order valence-corrected chi connectivity index (χ3v) is 1.67. The number of rotatable bonds is 1. The number of hydrogen-bond donors (Lipinski definition) is 2. The number of carbonyl (C=O) groups is 2. The van der Waals surface area contributed by atoms with Gasteiger partial charge in [0, 0.05) is 11.6 Å². The van der Waals surface area contributed by atoms with Gasteiger partial charge in [0.05, 0.1) is 0 Å². The molecule has 9 heteroatoms. The number of alkyl halides is 3. The van der Waals surface area contributed by atoms with E-state index < -0.39 is 18.1 Å². The van der Waals surface area contributed by atoms with Gasteiger partial charge in [0.25, 0.3) is 5.91 Å². The zero-order valence-electron chi connectivity index (χ0n) is 6.99. The summed E-state index contributed by atoms with van der Waals surface area (Å²) < 4.78 is 31.7. The summed E-state index contributed by atoms with van der Waals surface area (Å²) in [6.45, 7) is 0. The van der Waals surface area contributed by atoms with Gasteiger partial charge >= 0.3 is 12.1 Å². The number of thiazole rings is 1. The molecule has 0 aliphatic heterocycles. The predicted molar refractivity (Wildman–Crippen MR) is 44.3 cm³/mol. The molecule has 0 fully saturated rings. The third kappa shape index (κ3) is 5.62. The monoisotopic (exact) mass is 242 g/mol. The molecular weight excluding hydrogens is 237 g/mol. The highest BCUT2D eigenvalue weighted by Crippen LogP contribution is 2.13. The number of hydrogen-bond acceptors (Lipinski definition) is 4. The molecule has 0 unspecified atom stereocenters. The summed E-state index contributed by atoms with van der Waals surface area (Å²) in [7, 11) is 0. The molecule has 0 atom stereocenters. The molecule has 0 spiro atoms. The van der Waals surface area contributed by atoms with Gasteiger partial charge in [-0.3, -0.25) is 4.79 Å². The summed E-state index contributed by atoms with van der Waals surface area (Å²) in [4.78, 5) is 22.8. The van der Waals surface area contributed by atoms with Crippen LogP contribution in [0.3, 0.4) is 0 Å². The number of carbonyl (C=O) groups excluding carboxylic acids is 1. The van der Waals surface area contributed by atoms with E-state index in [-0.39, 0.29) is 0 Å². The van der Waals surface area contributed by atoms with E-state index in [1.165, 1.54) is 11.3 Å². The van der Waals surface area contributed by atoms with E-state index in [0.717, 1.165) is 0 Å². The zero-order valence-corrected chi connectivity index (χ0v) is 7.80. The van der Waals surface area contributed by atoms with Gasteiger partial charge in [-0.2, -0.15) is 13.2 Å². The molecule has 0 aliphatic carbocycles. The van der Waals surface area contributed by atoms with Crippen molar-refractivity contribution in [3.8, 4) is 0 Å². The van der Waals surface area contributed by atoms with Crippen molar-refractivity contribution in [1.29, 1.82) is 0 Å². The fraction of sp³-hybridized carbons (Fsp3) is 0.167. The second-order valence-corrected chi connectivity index (χ2v) is 2.90. The minimum absolute atomic E-state index is 0.366. The van der Waals surface area contributed by atoms with Crippen LogP contribution in [0, 0.1) is 0 Å². The molecule has 0 radical (unpaired) electrons. The standard InChI is InChI=1S/C4H4N2OS.C2HF3O2/c5-3(7)4-6-1-2-8-4;3-2(4,5)1(6)7/h1-2H,(H2,5,7);(H,6,7). The minimum Gasteiger partial charge on any atom is -0.475 e. The van der Waals surface area contributed by atoms with Crippen molar-refractivity contribution in [2.45, 2.75) is 6.18 Å². The van der Waals surface area contributed by atoms with E-state index in [4.69, 9.17) is 15.6 Å². The maximum absolute atomic E-state index is 10.6. The predicted octanol–water partition coefficient (Wildman–Crippen LogP) is 0.875. The molecule has 0 bridgehead atoms. The molecule has 1 amide bonds. The van der Waals surface area contributed by atoms with Crippen LogP contribution in [-0.2, 0) is 4.79 Å². The first-order valence-electron chi connectivity index (χ1n) is 3.24. The van der Waals surface area contributed by atoms with Crippen LogP contribution in [0.1, 0.15) is 9.80 Å². The molecule has 15 heavy (non-hydrogen) atoms. The Morgan fingerprint density at radius 1 is 1.47 bits per heavy atom. The first-order valence-corrected chi connectivity index (χ1v) is 4.12. The van der Waals surface area contributed by atoms with Crippen molar-refractivity contribution in [2.75, 3.05) is 0 Å². The van der Waals surface area contributed by atoms with Gasteiger partial charge in [0.2, 0.25) is 0 Å². The number of nitrogens with two attached hydrogens (primary N) is 1. The Bertz CT molecular complexity index is 336. The topological polar surface area (TPSA) is 93.3 Å². The Morgan fingerprint density at radius 2 is 1.93 bits per heavy atom. The summed E-state index contributed by atoms with van der Waals surface area (Å²) >= 11 is 1.25. The fourth-order valence-electron chi connectivity index (χ4n) is 0.345.